The second-order valence-electron chi connectivity index (χ2n) is 9.47. The summed E-state index contributed by atoms with van der Waals surface area (Å²) in [5, 5.41) is 14.9. The first-order valence-electron chi connectivity index (χ1n) is 12.5. The number of nitrogens with zero attached hydrogens (tertiary/aromatic N) is 4. The van der Waals surface area contributed by atoms with Crippen molar-refractivity contribution >= 4 is 45.0 Å². The van der Waals surface area contributed by atoms with Crippen LogP contribution in [0.15, 0.2) is 50.5 Å². The van der Waals surface area contributed by atoms with Gasteiger partial charge in [0.1, 0.15) is 18.0 Å². The Morgan fingerprint density at radius 1 is 1.36 bits per heavy atom. The van der Waals surface area contributed by atoms with E-state index in [1.165, 1.54) is 23.5 Å². The molecule has 4 rings (SSSR count). The molecule has 1 aromatic carbocycles. The highest BCUT2D eigenvalue weighted by Crippen LogP contribution is 2.37. The average molecular weight is 627 g/mol. The van der Waals surface area contributed by atoms with Crippen molar-refractivity contribution in [1.29, 1.82) is 0 Å². The van der Waals surface area contributed by atoms with Crippen LogP contribution in [-0.2, 0) is 14.3 Å². The van der Waals surface area contributed by atoms with Crippen LogP contribution in [0.3, 0.4) is 0 Å². The van der Waals surface area contributed by atoms with Gasteiger partial charge in [-0.1, -0.05) is 22.0 Å². The molecule has 9 nitrogen and oxygen atoms in total. The number of piperidine rings is 1. The number of aliphatic imine (C=N–C) groups is 1. The quantitative estimate of drug-likeness (QED) is 0.384. The molecule has 2 aromatic rings. The number of rotatable bonds is 10. The number of esters is 1. The molecule has 2 aliphatic heterocycles. The Hall–Kier alpha value is -2.74. The minimum absolute atomic E-state index is 0.126. The number of carboxylic acid groups (broad SMARTS) is 1. The van der Waals surface area contributed by atoms with E-state index < -0.39 is 30.0 Å². The van der Waals surface area contributed by atoms with Gasteiger partial charge in [-0.3, -0.25) is 19.6 Å². The van der Waals surface area contributed by atoms with E-state index in [1.54, 1.807) is 36.5 Å². The number of thiazole rings is 1. The molecule has 3 heterocycles. The smallest absolute Gasteiger partial charge is 0.338 e. The highest BCUT2D eigenvalue weighted by atomic mass is 79.9. The van der Waals surface area contributed by atoms with Crippen LogP contribution in [0.2, 0.25) is 0 Å². The summed E-state index contributed by atoms with van der Waals surface area (Å²) in [5.41, 5.74) is 1.28. The third kappa shape index (κ3) is 7.27. The molecule has 2 unspecified atom stereocenters. The Morgan fingerprint density at radius 2 is 2.15 bits per heavy atom. The molecule has 2 aliphatic rings. The number of halogens is 3. The number of ether oxygens (including phenoxy) is 1. The minimum Gasteiger partial charge on any atom is -0.480 e. The van der Waals surface area contributed by atoms with Crippen molar-refractivity contribution in [3.05, 3.63) is 61.9 Å². The van der Waals surface area contributed by atoms with Crippen molar-refractivity contribution in [2.75, 3.05) is 39.8 Å². The number of likely N-dealkylation sites (N-methyl/N-ethyl adjacent to an activating group) is 1. The number of benzene rings is 1. The van der Waals surface area contributed by atoms with Crippen LogP contribution < -0.4 is 5.32 Å². The summed E-state index contributed by atoms with van der Waals surface area (Å²) in [6.07, 6.45) is 1.49. The molecule has 1 aromatic heterocycles. The molecule has 1 fully saturated rings. The van der Waals surface area contributed by atoms with E-state index in [0.29, 0.717) is 46.0 Å². The summed E-state index contributed by atoms with van der Waals surface area (Å²) >= 11 is 4.78. The fourth-order valence-electron chi connectivity index (χ4n) is 4.88. The molecule has 1 saturated heterocycles. The molecule has 2 N–H and O–H groups in total. The maximum atomic E-state index is 14.7. The molecule has 0 radical (unpaired) electrons. The summed E-state index contributed by atoms with van der Waals surface area (Å²) in [6.45, 7) is 2.41. The number of carbonyl (C=O) groups excluding carboxylic acids is 1. The Kier molecular flexibility index (Phi) is 9.81. The monoisotopic (exact) mass is 625 g/mol. The molecular formula is C26H30BrF2N5O4S. The molecule has 39 heavy (non-hydrogen) atoms. The molecule has 0 spiro atoms. The van der Waals surface area contributed by atoms with Gasteiger partial charge >= 0.3 is 11.9 Å². The summed E-state index contributed by atoms with van der Waals surface area (Å²) in [5.74, 6) is -1.54. The summed E-state index contributed by atoms with van der Waals surface area (Å²) in [7, 11) is 1.71. The average Bonchev–Trinajstić information content (AvgIpc) is 3.40. The number of carboxylic acids is 1. The number of aliphatic carboxylic acids is 1. The second-order valence-corrected chi connectivity index (χ2v) is 11.2. The SMILES string of the molecule is CCOC(=O)C1=C(CN2CC(F)CCC2CN(C)CC(=O)O)NC(c2nccs2)=N[C@H]1c1ccc(F)cc1Br. The lowest BCUT2D eigenvalue weighted by molar-refractivity contribution is -0.139. The Labute approximate surface area is 237 Å². The number of amidine groups is 1. The number of hydrogen-bond donors (Lipinski definition) is 2. The lowest BCUT2D eigenvalue weighted by atomic mass is 9.94. The fourth-order valence-corrected chi connectivity index (χ4v) is 6.03. The van der Waals surface area contributed by atoms with E-state index in [4.69, 9.17) is 9.73 Å². The first kappa shape index (κ1) is 29.2. The zero-order valence-corrected chi connectivity index (χ0v) is 24.0. The normalized spacial score (nSPS) is 22.0. The molecule has 0 bridgehead atoms. The molecule has 0 aliphatic carbocycles. The summed E-state index contributed by atoms with van der Waals surface area (Å²) in [6, 6.07) is 3.20. The van der Waals surface area contributed by atoms with Crippen molar-refractivity contribution in [2.24, 2.45) is 4.99 Å². The van der Waals surface area contributed by atoms with Crippen molar-refractivity contribution in [2.45, 2.75) is 38.0 Å². The van der Waals surface area contributed by atoms with Gasteiger partial charge in [-0.2, -0.15) is 0 Å². The molecule has 13 heteroatoms. The highest BCUT2D eigenvalue weighted by molar-refractivity contribution is 9.10. The molecule has 0 amide bonds. The van der Waals surface area contributed by atoms with Crippen LogP contribution in [0.1, 0.15) is 36.4 Å². The third-order valence-electron chi connectivity index (χ3n) is 6.56. The second kappa shape index (κ2) is 13.1. The third-order valence-corrected chi connectivity index (χ3v) is 8.03. The number of aromatic nitrogens is 1. The predicted octanol–water partition coefficient (Wildman–Crippen LogP) is 3.77. The highest BCUT2D eigenvalue weighted by Gasteiger charge is 2.37. The van der Waals surface area contributed by atoms with Crippen LogP contribution in [0.4, 0.5) is 8.78 Å². The lowest BCUT2D eigenvalue weighted by Crippen LogP contribution is -2.52. The van der Waals surface area contributed by atoms with Crippen LogP contribution in [-0.4, -0.2) is 89.7 Å². The van der Waals surface area contributed by atoms with Gasteiger partial charge in [-0.25, -0.2) is 18.6 Å². The summed E-state index contributed by atoms with van der Waals surface area (Å²) in [4.78, 5) is 37.4. The van der Waals surface area contributed by atoms with E-state index in [-0.39, 0.29) is 37.9 Å². The number of nitrogens with one attached hydrogen (secondary N) is 1. The van der Waals surface area contributed by atoms with Gasteiger partial charge in [-0.05, 0) is 44.5 Å². The lowest BCUT2D eigenvalue weighted by Gasteiger charge is -2.40. The van der Waals surface area contributed by atoms with Gasteiger partial charge in [0.05, 0.1) is 18.7 Å². The van der Waals surface area contributed by atoms with Crippen LogP contribution in [0, 0.1) is 5.82 Å². The van der Waals surface area contributed by atoms with E-state index in [0.717, 1.165) is 0 Å². The molecular weight excluding hydrogens is 596 g/mol. The van der Waals surface area contributed by atoms with E-state index >= 15 is 0 Å². The van der Waals surface area contributed by atoms with Gasteiger partial charge in [0, 0.05) is 47.4 Å². The maximum absolute atomic E-state index is 14.7. The van der Waals surface area contributed by atoms with Gasteiger partial charge in [0.15, 0.2) is 10.8 Å². The van der Waals surface area contributed by atoms with E-state index in [9.17, 15) is 23.5 Å². The van der Waals surface area contributed by atoms with Gasteiger partial charge in [-0.15, -0.1) is 11.3 Å². The van der Waals surface area contributed by atoms with E-state index in [2.05, 4.69) is 26.2 Å². The van der Waals surface area contributed by atoms with Crippen molar-refractivity contribution in [3.8, 4) is 0 Å². The Bertz CT molecular complexity index is 1260. The predicted molar refractivity (Wildman–Crippen MR) is 147 cm³/mol. The Morgan fingerprint density at radius 3 is 2.82 bits per heavy atom. The largest absolute Gasteiger partial charge is 0.480 e. The van der Waals surface area contributed by atoms with Crippen LogP contribution in [0.25, 0.3) is 0 Å². The van der Waals surface area contributed by atoms with E-state index in [1.807, 2.05) is 4.90 Å². The molecule has 0 saturated carbocycles. The van der Waals surface area contributed by atoms with Crippen LogP contribution in [0.5, 0.6) is 0 Å². The fraction of sp³-hybridized carbons (Fsp3) is 0.462. The first-order chi connectivity index (χ1) is 18.7. The first-order valence-corrected chi connectivity index (χ1v) is 14.2. The number of hydrogen-bond acceptors (Lipinski definition) is 9. The van der Waals surface area contributed by atoms with Gasteiger partial charge in [0.2, 0.25) is 0 Å². The Balaban J connectivity index is 1.77. The van der Waals surface area contributed by atoms with Gasteiger partial charge in [0.25, 0.3) is 0 Å². The van der Waals surface area contributed by atoms with Crippen molar-refractivity contribution in [3.63, 3.8) is 0 Å². The topological polar surface area (TPSA) is 107 Å². The number of likely N-dealkylation sites (tertiary alicyclic amines) is 1. The van der Waals surface area contributed by atoms with Gasteiger partial charge < -0.3 is 15.2 Å². The number of carbonyl (C=O) groups is 2. The standard InChI is InChI=1S/C26H30BrF2N5O4S/c1-3-38-26(37)22-20(13-34-11-16(29)4-6-17(34)12-33(2)14-21(35)36)31-24(25-30-8-9-39-25)32-23(22)18-7-5-15(28)10-19(18)27/h5,7-10,16-17,23H,3-4,6,11-14H2,1-2H3,(H,31,32)(H,35,36)/t16?,17?,23-/m0/s1. The number of alkyl halides is 1. The minimum atomic E-state index is -1.06. The summed E-state index contributed by atoms with van der Waals surface area (Å²) < 4.78 is 34.5. The zero-order chi connectivity index (χ0) is 28.1. The zero-order valence-electron chi connectivity index (χ0n) is 21.6. The molecule has 210 valence electrons. The van der Waals surface area contributed by atoms with Crippen molar-refractivity contribution < 1.29 is 28.2 Å². The van der Waals surface area contributed by atoms with Crippen molar-refractivity contribution in [1.82, 2.24) is 20.1 Å². The molecule has 3 atom stereocenters. The maximum Gasteiger partial charge on any atom is 0.338 e. The van der Waals surface area contributed by atoms with Crippen LogP contribution >= 0.6 is 27.3 Å².